The molecular formula is C9H20N2O3Si. The molecule has 0 bridgehead atoms. The van der Waals surface area contributed by atoms with Crippen LogP contribution >= 0.6 is 0 Å². The van der Waals surface area contributed by atoms with Gasteiger partial charge >= 0.3 is 8.80 Å². The Balaban J connectivity index is 2.35. The lowest BCUT2D eigenvalue weighted by Crippen LogP contribution is -2.47. The van der Waals surface area contributed by atoms with Crippen LogP contribution in [0.4, 0.5) is 0 Å². The summed E-state index contributed by atoms with van der Waals surface area (Å²) in [5.41, 5.74) is 3.06. The fourth-order valence-corrected chi connectivity index (χ4v) is 3.36. The molecule has 0 spiro atoms. The van der Waals surface area contributed by atoms with Gasteiger partial charge in [-0.1, -0.05) is 19.4 Å². The van der Waals surface area contributed by atoms with Crippen molar-refractivity contribution in [3.63, 3.8) is 0 Å². The Labute approximate surface area is 92.3 Å². The maximum atomic E-state index is 5.77. The van der Waals surface area contributed by atoms with Crippen LogP contribution in [0.1, 0.15) is 13.3 Å². The van der Waals surface area contributed by atoms with Gasteiger partial charge in [-0.25, -0.2) is 0 Å². The summed E-state index contributed by atoms with van der Waals surface area (Å²) in [5.74, 6) is 0. The van der Waals surface area contributed by atoms with Gasteiger partial charge in [-0.3, -0.25) is 0 Å². The Morgan fingerprint density at radius 2 is 2.13 bits per heavy atom. The van der Waals surface area contributed by atoms with E-state index in [1.54, 1.807) is 14.2 Å². The SMILES string of the molecule is CCC[Si](OC)(OC)OCN1CC=CN1. The molecule has 15 heavy (non-hydrogen) atoms. The quantitative estimate of drug-likeness (QED) is 0.662. The molecule has 0 aromatic heterocycles. The zero-order chi connectivity index (χ0) is 11.1. The number of rotatable bonds is 7. The summed E-state index contributed by atoms with van der Waals surface area (Å²) >= 11 is 0. The molecule has 5 nitrogen and oxygen atoms in total. The fourth-order valence-electron chi connectivity index (χ4n) is 1.44. The number of hydrogen-bond donors (Lipinski definition) is 1. The molecule has 0 amide bonds. The van der Waals surface area contributed by atoms with Gasteiger partial charge in [0.15, 0.2) is 0 Å². The van der Waals surface area contributed by atoms with Crippen molar-refractivity contribution in [2.75, 3.05) is 27.5 Å². The summed E-state index contributed by atoms with van der Waals surface area (Å²) in [7, 11) is 0.887. The molecule has 1 aliphatic rings. The van der Waals surface area contributed by atoms with Crippen LogP contribution in [0.2, 0.25) is 6.04 Å². The second-order valence-electron chi connectivity index (χ2n) is 3.37. The second-order valence-corrected chi connectivity index (χ2v) is 6.34. The van der Waals surface area contributed by atoms with E-state index in [0.29, 0.717) is 6.73 Å². The van der Waals surface area contributed by atoms with Crippen LogP contribution < -0.4 is 5.43 Å². The van der Waals surface area contributed by atoms with E-state index in [2.05, 4.69) is 12.3 Å². The molecule has 1 N–H and O–H groups in total. The molecule has 0 aliphatic carbocycles. The molecule has 0 saturated carbocycles. The van der Waals surface area contributed by atoms with Crippen molar-refractivity contribution < 1.29 is 13.3 Å². The first kappa shape index (κ1) is 12.7. The largest absolute Gasteiger partial charge is 0.501 e. The monoisotopic (exact) mass is 232 g/mol. The summed E-state index contributed by atoms with van der Waals surface area (Å²) in [6.07, 6.45) is 4.93. The van der Waals surface area contributed by atoms with Crippen LogP contribution in [0.5, 0.6) is 0 Å². The van der Waals surface area contributed by atoms with E-state index in [9.17, 15) is 0 Å². The van der Waals surface area contributed by atoms with Crippen LogP contribution in [-0.2, 0) is 13.3 Å². The molecule has 0 radical (unpaired) electrons. The van der Waals surface area contributed by atoms with E-state index in [1.807, 2.05) is 17.3 Å². The average molecular weight is 232 g/mol. The Morgan fingerprint density at radius 1 is 1.40 bits per heavy atom. The van der Waals surface area contributed by atoms with Gasteiger partial charge in [0.05, 0.1) is 0 Å². The molecule has 0 aromatic rings. The third kappa shape index (κ3) is 3.58. The van der Waals surface area contributed by atoms with Crippen molar-refractivity contribution >= 4 is 8.80 Å². The molecule has 0 aromatic carbocycles. The third-order valence-corrected chi connectivity index (χ3v) is 5.24. The lowest BCUT2D eigenvalue weighted by molar-refractivity contribution is 0.0314. The first-order valence-electron chi connectivity index (χ1n) is 5.16. The van der Waals surface area contributed by atoms with Gasteiger partial charge in [0.1, 0.15) is 6.73 Å². The summed E-state index contributed by atoms with van der Waals surface area (Å²) in [6, 6.07) is 0.848. The van der Waals surface area contributed by atoms with Gasteiger partial charge < -0.3 is 18.7 Å². The Kier molecular flexibility index (Phi) is 5.27. The Bertz CT molecular complexity index is 202. The summed E-state index contributed by atoms with van der Waals surface area (Å²) in [5, 5.41) is 1.95. The minimum Gasteiger partial charge on any atom is -0.377 e. The summed E-state index contributed by atoms with van der Waals surface area (Å²) in [6.45, 7) is 3.43. The molecule has 0 unspecified atom stereocenters. The first-order chi connectivity index (χ1) is 7.26. The van der Waals surface area contributed by atoms with Crippen molar-refractivity contribution in [3.8, 4) is 0 Å². The van der Waals surface area contributed by atoms with Crippen molar-refractivity contribution in [2.24, 2.45) is 0 Å². The zero-order valence-corrected chi connectivity index (χ0v) is 10.7. The molecule has 0 atom stereocenters. The van der Waals surface area contributed by atoms with E-state index in [-0.39, 0.29) is 0 Å². The number of nitrogens with one attached hydrogen (secondary N) is 1. The van der Waals surface area contributed by atoms with Crippen LogP contribution in [0.15, 0.2) is 12.3 Å². The van der Waals surface area contributed by atoms with Crippen molar-refractivity contribution in [1.29, 1.82) is 0 Å². The summed E-state index contributed by atoms with van der Waals surface area (Å²) in [4.78, 5) is 0. The minimum atomic E-state index is -2.42. The molecular weight excluding hydrogens is 212 g/mol. The van der Waals surface area contributed by atoms with Gasteiger partial charge in [-0.2, -0.15) is 5.01 Å². The van der Waals surface area contributed by atoms with Crippen LogP contribution in [0, 0.1) is 0 Å². The van der Waals surface area contributed by atoms with Crippen LogP contribution in [-0.4, -0.2) is 41.3 Å². The van der Waals surface area contributed by atoms with Crippen molar-refractivity contribution in [2.45, 2.75) is 19.4 Å². The van der Waals surface area contributed by atoms with E-state index < -0.39 is 8.80 Å². The second kappa shape index (κ2) is 6.24. The van der Waals surface area contributed by atoms with Crippen molar-refractivity contribution in [1.82, 2.24) is 10.4 Å². The van der Waals surface area contributed by atoms with E-state index in [1.165, 1.54) is 0 Å². The Hall–Kier alpha value is -0.403. The maximum Gasteiger partial charge on any atom is 0.501 e. The van der Waals surface area contributed by atoms with Gasteiger partial charge in [-0.15, -0.1) is 0 Å². The van der Waals surface area contributed by atoms with Crippen LogP contribution in [0.25, 0.3) is 0 Å². The van der Waals surface area contributed by atoms with E-state index in [4.69, 9.17) is 13.3 Å². The Morgan fingerprint density at radius 3 is 2.60 bits per heavy atom. The smallest absolute Gasteiger partial charge is 0.377 e. The molecule has 6 heteroatoms. The highest BCUT2D eigenvalue weighted by Gasteiger charge is 2.38. The van der Waals surface area contributed by atoms with Gasteiger partial charge in [0, 0.05) is 33.0 Å². The number of nitrogens with zero attached hydrogens (tertiary/aromatic N) is 1. The molecule has 1 rings (SSSR count). The zero-order valence-electron chi connectivity index (χ0n) is 9.66. The van der Waals surface area contributed by atoms with Crippen molar-refractivity contribution in [3.05, 3.63) is 12.3 Å². The maximum absolute atomic E-state index is 5.77. The van der Waals surface area contributed by atoms with Gasteiger partial charge in [0.2, 0.25) is 0 Å². The molecule has 0 saturated heterocycles. The van der Waals surface area contributed by atoms with Crippen LogP contribution in [0.3, 0.4) is 0 Å². The topological polar surface area (TPSA) is 43.0 Å². The van der Waals surface area contributed by atoms with Gasteiger partial charge in [0.25, 0.3) is 0 Å². The first-order valence-corrected chi connectivity index (χ1v) is 7.10. The minimum absolute atomic E-state index is 0.487. The normalized spacial score (nSPS) is 17.0. The highest BCUT2D eigenvalue weighted by Crippen LogP contribution is 2.16. The predicted molar refractivity (Wildman–Crippen MR) is 59.8 cm³/mol. The van der Waals surface area contributed by atoms with E-state index in [0.717, 1.165) is 19.0 Å². The lowest BCUT2D eigenvalue weighted by atomic mass is 10.6. The highest BCUT2D eigenvalue weighted by molar-refractivity contribution is 6.60. The van der Waals surface area contributed by atoms with Gasteiger partial charge in [-0.05, 0) is 0 Å². The predicted octanol–water partition coefficient (Wildman–Crippen LogP) is 0.936. The lowest BCUT2D eigenvalue weighted by Gasteiger charge is -2.28. The summed E-state index contributed by atoms with van der Waals surface area (Å²) < 4.78 is 16.6. The number of hydrazine groups is 1. The molecule has 0 fully saturated rings. The number of hydrogen-bond acceptors (Lipinski definition) is 5. The highest BCUT2D eigenvalue weighted by atomic mass is 28.4. The average Bonchev–Trinajstić information content (AvgIpc) is 2.77. The van der Waals surface area contributed by atoms with E-state index >= 15 is 0 Å². The molecule has 88 valence electrons. The third-order valence-electron chi connectivity index (χ3n) is 2.32. The fraction of sp³-hybridized carbons (Fsp3) is 0.778. The molecule has 1 aliphatic heterocycles. The molecule has 1 heterocycles. The standard InChI is InChI=1S/C9H20N2O3Si/c1-4-8-15(12-2,13-3)14-9-11-7-5-6-10-11/h5-6,10H,4,7-9H2,1-3H3.